The zero-order valence-electron chi connectivity index (χ0n) is 9.90. The third kappa shape index (κ3) is 4.82. The van der Waals surface area contributed by atoms with Crippen LogP contribution in [0, 0.1) is 5.92 Å². The quantitative estimate of drug-likeness (QED) is 0.748. The Labute approximate surface area is 96.8 Å². The molecule has 1 rings (SSSR count). The van der Waals surface area contributed by atoms with Crippen molar-refractivity contribution in [1.29, 1.82) is 0 Å². The molecule has 0 saturated carbocycles. The molecule has 3 heteroatoms. The summed E-state index contributed by atoms with van der Waals surface area (Å²) in [4.78, 5) is 11.2. The van der Waals surface area contributed by atoms with Crippen LogP contribution in [-0.4, -0.2) is 19.1 Å². The summed E-state index contributed by atoms with van der Waals surface area (Å²) in [5, 5.41) is 2.85. The lowest BCUT2D eigenvalue weighted by molar-refractivity contribution is -0.123. The van der Waals surface area contributed by atoms with E-state index in [4.69, 9.17) is 4.74 Å². The molecule has 1 N–H and O–H groups in total. The van der Waals surface area contributed by atoms with E-state index >= 15 is 0 Å². The van der Waals surface area contributed by atoms with Crippen molar-refractivity contribution in [3.05, 3.63) is 30.3 Å². The molecule has 3 nitrogen and oxygen atoms in total. The molecular formula is C13H19NO2. The number of rotatable bonds is 6. The van der Waals surface area contributed by atoms with E-state index in [0.717, 1.165) is 12.2 Å². The number of carbonyl (C=O) groups is 1. The van der Waals surface area contributed by atoms with Gasteiger partial charge in [0.2, 0.25) is 5.91 Å². The molecule has 1 aromatic carbocycles. The SMILES string of the molecule is CC(C)C(=O)NCCCOc1ccccc1. The number of para-hydroxylation sites is 1. The second kappa shape index (κ2) is 6.88. The molecule has 0 aliphatic heterocycles. The van der Waals surface area contributed by atoms with Gasteiger partial charge in [-0.05, 0) is 18.6 Å². The summed E-state index contributed by atoms with van der Waals surface area (Å²) in [7, 11) is 0. The van der Waals surface area contributed by atoms with Crippen LogP contribution in [0.3, 0.4) is 0 Å². The highest BCUT2D eigenvalue weighted by molar-refractivity contribution is 5.77. The third-order valence-electron chi connectivity index (χ3n) is 2.16. The van der Waals surface area contributed by atoms with Crippen LogP contribution in [0.2, 0.25) is 0 Å². The smallest absolute Gasteiger partial charge is 0.222 e. The number of carbonyl (C=O) groups excluding carboxylic acids is 1. The van der Waals surface area contributed by atoms with Gasteiger partial charge in [-0.3, -0.25) is 4.79 Å². The molecule has 16 heavy (non-hydrogen) atoms. The van der Waals surface area contributed by atoms with Crippen LogP contribution >= 0.6 is 0 Å². The average Bonchev–Trinajstić information content (AvgIpc) is 2.29. The molecule has 0 heterocycles. The highest BCUT2D eigenvalue weighted by Crippen LogP contribution is 2.07. The molecule has 88 valence electrons. The lowest BCUT2D eigenvalue weighted by Crippen LogP contribution is -2.29. The first kappa shape index (κ1) is 12.6. The fourth-order valence-electron chi connectivity index (χ4n) is 1.19. The van der Waals surface area contributed by atoms with Gasteiger partial charge in [-0.15, -0.1) is 0 Å². The number of amides is 1. The van der Waals surface area contributed by atoms with Crippen molar-refractivity contribution < 1.29 is 9.53 Å². The highest BCUT2D eigenvalue weighted by atomic mass is 16.5. The first-order chi connectivity index (χ1) is 7.70. The summed E-state index contributed by atoms with van der Waals surface area (Å²) < 4.78 is 5.50. The molecule has 1 amide bonds. The van der Waals surface area contributed by atoms with Gasteiger partial charge < -0.3 is 10.1 Å². The molecule has 0 saturated heterocycles. The van der Waals surface area contributed by atoms with Crippen LogP contribution < -0.4 is 10.1 Å². The van der Waals surface area contributed by atoms with Crippen LogP contribution in [0.4, 0.5) is 0 Å². The highest BCUT2D eigenvalue weighted by Gasteiger charge is 2.04. The van der Waals surface area contributed by atoms with Gasteiger partial charge in [0, 0.05) is 12.5 Å². The Balaban J connectivity index is 2.07. The number of nitrogens with one attached hydrogen (secondary N) is 1. The lowest BCUT2D eigenvalue weighted by atomic mass is 10.2. The summed E-state index contributed by atoms with van der Waals surface area (Å²) in [5.74, 6) is 1.02. The van der Waals surface area contributed by atoms with E-state index in [1.807, 2.05) is 44.2 Å². The minimum Gasteiger partial charge on any atom is -0.494 e. The van der Waals surface area contributed by atoms with E-state index in [1.54, 1.807) is 0 Å². The molecule has 0 atom stereocenters. The number of benzene rings is 1. The summed E-state index contributed by atoms with van der Waals surface area (Å²) >= 11 is 0. The lowest BCUT2D eigenvalue weighted by Gasteiger charge is -2.08. The monoisotopic (exact) mass is 221 g/mol. The fraction of sp³-hybridized carbons (Fsp3) is 0.462. The molecule has 0 spiro atoms. The Bertz CT molecular complexity index is 309. The van der Waals surface area contributed by atoms with Gasteiger partial charge in [-0.25, -0.2) is 0 Å². The van der Waals surface area contributed by atoms with Gasteiger partial charge in [-0.1, -0.05) is 32.0 Å². The number of ether oxygens (including phenoxy) is 1. The predicted octanol–water partition coefficient (Wildman–Crippen LogP) is 2.23. The Hall–Kier alpha value is -1.51. The van der Waals surface area contributed by atoms with Crippen molar-refractivity contribution in [3.8, 4) is 5.75 Å². The number of hydrogen-bond acceptors (Lipinski definition) is 2. The van der Waals surface area contributed by atoms with E-state index in [0.29, 0.717) is 13.2 Å². The molecule has 0 bridgehead atoms. The third-order valence-corrected chi connectivity index (χ3v) is 2.16. The normalized spacial score (nSPS) is 10.2. The topological polar surface area (TPSA) is 38.3 Å². The van der Waals surface area contributed by atoms with Crippen molar-refractivity contribution >= 4 is 5.91 Å². The predicted molar refractivity (Wildman–Crippen MR) is 64.4 cm³/mol. The molecule has 1 aromatic rings. The van der Waals surface area contributed by atoms with Crippen LogP contribution in [0.1, 0.15) is 20.3 Å². The largest absolute Gasteiger partial charge is 0.494 e. The maximum Gasteiger partial charge on any atom is 0.222 e. The summed E-state index contributed by atoms with van der Waals surface area (Å²) in [6.07, 6.45) is 0.827. The maximum absolute atomic E-state index is 11.2. The van der Waals surface area contributed by atoms with E-state index in [-0.39, 0.29) is 11.8 Å². The molecule has 0 unspecified atom stereocenters. The van der Waals surface area contributed by atoms with Gasteiger partial charge in [0.15, 0.2) is 0 Å². The Morgan fingerprint density at radius 1 is 1.31 bits per heavy atom. The van der Waals surface area contributed by atoms with Crippen molar-refractivity contribution in [2.75, 3.05) is 13.2 Å². The molecule has 0 radical (unpaired) electrons. The molecule has 0 aliphatic carbocycles. The van der Waals surface area contributed by atoms with Crippen molar-refractivity contribution in [2.45, 2.75) is 20.3 Å². The maximum atomic E-state index is 11.2. The van der Waals surface area contributed by atoms with Gasteiger partial charge in [0.05, 0.1) is 6.61 Å². The van der Waals surface area contributed by atoms with Crippen LogP contribution in [0.5, 0.6) is 5.75 Å². The molecular weight excluding hydrogens is 202 g/mol. The van der Waals surface area contributed by atoms with E-state index in [1.165, 1.54) is 0 Å². The van der Waals surface area contributed by atoms with E-state index < -0.39 is 0 Å². The first-order valence-electron chi connectivity index (χ1n) is 5.65. The van der Waals surface area contributed by atoms with Crippen LogP contribution in [0.25, 0.3) is 0 Å². The standard InChI is InChI=1S/C13H19NO2/c1-11(2)13(15)14-9-6-10-16-12-7-4-3-5-8-12/h3-5,7-8,11H,6,9-10H2,1-2H3,(H,14,15). The molecule has 0 fully saturated rings. The molecule has 0 aromatic heterocycles. The second-order valence-corrected chi connectivity index (χ2v) is 3.96. The zero-order valence-corrected chi connectivity index (χ0v) is 9.90. The molecule has 0 aliphatic rings. The average molecular weight is 221 g/mol. The van der Waals surface area contributed by atoms with Crippen molar-refractivity contribution in [3.63, 3.8) is 0 Å². The van der Waals surface area contributed by atoms with Crippen molar-refractivity contribution in [2.24, 2.45) is 5.92 Å². The summed E-state index contributed by atoms with van der Waals surface area (Å²) in [6.45, 7) is 5.07. The van der Waals surface area contributed by atoms with Gasteiger partial charge in [-0.2, -0.15) is 0 Å². The minimum atomic E-state index is 0.0510. The summed E-state index contributed by atoms with van der Waals surface area (Å²) in [5.41, 5.74) is 0. The second-order valence-electron chi connectivity index (χ2n) is 3.96. The minimum absolute atomic E-state index is 0.0510. The van der Waals surface area contributed by atoms with Gasteiger partial charge in [0.1, 0.15) is 5.75 Å². The Morgan fingerprint density at radius 2 is 2.00 bits per heavy atom. The van der Waals surface area contributed by atoms with E-state index in [9.17, 15) is 4.79 Å². The van der Waals surface area contributed by atoms with Gasteiger partial charge in [0.25, 0.3) is 0 Å². The first-order valence-corrected chi connectivity index (χ1v) is 5.65. The van der Waals surface area contributed by atoms with E-state index in [2.05, 4.69) is 5.32 Å². The van der Waals surface area contributed by atoms with Crippen molar-refractivity contribution in [1.82, 2.24) is 5.32 Å². The van der Waals surface area contributed by atoms with Gasteiger partial charge >= 0.3 is 0 Å². The Morgan fingerprint density at radius 3 is 2.62 bits per heavy atom. The zero-order chi connectivity index (χ0) is 11.8. The van der Waals surface area contributed by atoms with Crippen LogP contribution in [0.15, 0.2) is 30.3 Å². The number of hydrogen-bond donors (Lipinski definition) is 1. The fourth-order valence-corrected chi connectivity index (χ4v) is 1.19. The van der Waals surface area contributed by atoms with Crippen LogP contribution in [-0.2, 0) is 4.79 Å². The summed E-state index contributed by atoms with van der Waals surface area (Å²) in [6, 6.07) is 9.68. The Kier molecular flexibility index (Phi) is 5.40.